The van der Waals surface area contributed by atoms with Crippen molar-refractivity contribution in [2.24, 2.45) is 11.8 Å². The first-order valence-electron chi connectivity index (χ1n) is 10.5. The molecule has 2 aliphatic rings. The Hall–Kier alpha value is -2.13. The Balaban J connectivity index is 1.89. The molecule has 0 aromatic heterocycles. The predicted octanol–water partition coefficient (Wildman–Crippen LogP) is 1.95. The number of nitrogens with zero attached hydrogens (tertiary/aromatic N) is 3. The summed E-state index contributed by atoms with van der Waals surface area (Å²) in [6, 6.07) is 4.48. The van der Waals surface area contributed by atoms with Gasteiger partial charge in [0.25, 0.3) is 5.91 Å². The summed E-state index contributed by atoms with van der Waals surface area (Å²) < 4.78 is 32.7. The average Bonchev–Trinajstić information content (AvgIpc) is 2.69. The van der Waals surface area contributed by atoms with E-state index in [1.165, 1.54) is 21.3 Å². The number of amides is 2. The Morgan fingerprint density at radius 3 is 2.40 bits per heavy atom. The van der Waals surface area contributed by atoms with Crippen molar-refractivity contribution >= 4 is 27.5 Å². The zero-order chi connectivity index (χ0) is 22.1. The number of anilines is 1. The second kappa shape index (κ2) is 8.93. The molecule has 1 fully saturated rings. The highest BCUT2D eigenvalue weighted by Gasteiger charge is 2.33. The number of benzene rings is 1. The van der Waals surface area contributed by atoms with Crippen molar-refractivity contribution in [2.75, 3.05) is 44.2 Å². The fourth-order valence-corrected chi connectivity index (χ4v) is 5.81. The van der Waals surface area contributed by atoms with E-state index in [0.717, 1.165) is 6.42 Å². The summed E-state index contributed by atoms with van der Waals surface area (Å²) in [5, 5.41) is 0. The van der Waals surface area contributed by atoms with Gasteiger partial charge in [-0.25, -0.2) is 8.42 Å². The fourth-order valence-electron chi connectivity index (χ4n) is 4.33. The molecule has 0 radical (unpaired) electrons. The van der Waals surface area contributed by atoms with Crippen LogP contribution in [0.4, 0.5) is 5.69 Å². The number of rotatable bonds is 6. The summed E-state index contributed by atoms with van der Waals surface area (Å²) in [5.41, 5.74) is 0.325. The van der Waals surface area contributed by atoms with E-state index < -0.39 is 10.0 Å². The largest absolute Gasteiger partial charge is 0.482 e. The lowest BCUT2D eigenvalue weighted by Gasteiger charge is -2.37. The van der Waals surface area contributed by atoms with Gasteiger partial charge in [-0.15, -0.1) is 0 Å². The zero-order valence-electron chi connectivity index (χ0n) is 18.1. The van der Waals surface area contributed by atoms with E-state index in [2.05, 4.69) is 13.8 Å². The molecule has 0 N–H and O–H groups in total. The number of hydrogen-bond donors (Lipinski definition) is 0. The van der Waals surface area contributed by atoms with Crippen LogP contribution in [0.1, 0.15) is 34.1 Å². The molecule has 2 aliphatic heterocycles. The van der Waals surface area contributed by atoms with E-state index in [1.54, 1.807) is 24.8 Å². The molecule has 0 spiro atoms. The number of fused-ring (bicyclic) bond motifs is 1. The number of hydrogen-bond acceptors (Lipinski definition) is 5. The zero-order valence-corrected chi connectivity index (χ0v) is 18.9. The molecule has 2 heterocycles. The summed E-state index contributed by atoms with van der Waals surface area (Å²) in [6.07, 6.45) is 1.08. The number of sulfonamides is 1. The van der Waals surface area contributed by atoms with Crippen molar-refractivity contribution in [3.05, 3.63) is 18.2 Å². The minimum Gasteiger partial charge on any atom is -0.482 e. The van der Waals surface area contributed by atoms with Crippen LogP contribution < -0.4 is 9.64 Å². The molecular weight excluding hydrogens is 406 g/mol. The molecule has 1 aromatic carbocycles. The van der Waals surface area contributed by atoms with Gasteiger partial charge < -0.3 is 9.64 Å². The highest BCUT2D eigenvalue weighted by molar-refractivity contribution is 7.89. The number of piperidine rings is 1. The second-order valence-electron chi connectivity index (χ2n) is 8.23. The van der Waals surface area contributed by atoms with E-state index in [9.17, 15) is 18.0 Å². The Labute approximate surface area is 178 Å². The van der Waals surface area contributed by atoms with Gasteiger partial charge in [-0.05, 0) is 36.5 Å². The summed E-state index contributed by atoms with van der Waals surface area (Å²) in [6.45, 7) is 9.53. The first-order valence-corrected chi connectivity index (χ1v) is 12.0. The fraction of sp³-hybridized carbons (Fsp3) is 0.619. The summed E-state index contributed by atoms with van der Waals surface area (Å²) in [4.78, 5) is 28.8. The first kappa shape index (κ1) is 22.6. The Kier molecular flexibility index (Phi) is 6.71. The average molecular weight is 438 g/mol. The van der Waals surface area contributed by atoms with Gasteiger partial charge >= 0.3 is 0 Å². The second-order valence-corrected chi connectivity index (χ2v) is 10.2. The van der Waals surface area contributed by atoms with Crippen LogP contribution >= 0.6 is 0 Å². The highest BCUT2D eigenvalue weighted by Crippen LogP contribution is 2.35. The van der Waals surface area contributed by atoms with Gasteiger partial charge in [0.1, 0.15) is 12.3 Å². The molecule has 8 nitrogen and oxygen atoms in total. The summed E-state index contributed by atoms with van der Waals surface area (Å²) in [7, 11) is -3.69. The van der Waals surface area contributed by atoms with Crippen LogP contribution in [0.2, 0.25) is 0 Å². The molecule has 1 saturated heterocycles. The van der Waals surface area contributed by atoms with Gasteiger partial charge in [0, 0.05) is 26.2 Å². The quantitative estimate of drug-likeness (QED) is 0.679. The van der Waals surface area contributed by atoms with Gasteiger partial charge in [-0.3, -0.25) is 14.5 Å². The Morgan fingerprint density at radius 2 is 1.80 bits per heavy atom. The molecule has 0 unspecified atom stereocenters. The van der Waals surface area contributed by atoms with Crippen molar-refractivity contribution in [2.45, 2.75) is 39.0 Å². The van der Waals surface area contributed by atoms with Crippen molar-refractivity contribution in [3.63, 3.8) is 0 Å². The van der Waals surface area contributed by atoms with Gasteiger partial charge in [-0.1, -0.05) is 27.7 Å². The topological polar surface area (TPSA) is 87.2 Å². The van der Waals surface area contributed by atoms with Crippen LogP contribution in [-0.4, -0.2) is 68.8 Å². The number of carbonyl (C=O) groups excluding carboxylic acids is 2. The van der Waals surface area contributed by atoms with Gasteiger partial charge in [0.2, 0.25) is 15.9 Å². The normalized spacial score (nSPS) is 22.1. The van der Waals surface area contributed by atoms with Crippen LogP contribution in [0, 0.1) is 11.8 Å². The van der Waals surface area contributed by atoms with E-state index in [0.29, 0.717) is 49.5 Å². The minimum absolute atomic E-state index is 0.0842. The SMILES string of the molecule is CCN(CC)S(=O)(=O)c1ccc2c(c1)N(CC(=O)N1C[C@@H](C)C[C@H](C)C1)C(=O)CO2. The summed E-state index contributed by atoms with van der Waals surface area (Å²) in [5.74, 6) is 0.742. The third-order valence-corrected chi connectivity index (χ3v) is 7.78. The monoisotopic (exact) mass is 437 g/mol. The van der Waals surface area contributed by atoms with Crippen LogP contribution in [-0.2, 0) is 19.6 Å². The maximum atomic E-state index is 13.0. The van der Waals surface area contributed by atoms with Gasteiger partial charge in [0.05, 0.1) is 10.6 Å². The summed E-state index contributed by atoms with van der Waals surface area (Å²) >= 11 is 0. The maximum Gasteiger partial charge on any atom is 0.265 e. The van der Waals surface area contributed by atoms with Crippen LogP contribution in [0.3, 0.4) is 0 Å². The van der Waals surface area contributed by atoms with Crippen molar-refractivity contribution in [1.29, 1.82) is 0 Å². The number of carbonyl (C=O) groups is 2. The third kappa shape index (κ3) is 4.46. The molecular formula is C21H31N3O5S. The molecule has 0 aliphatic carbocycles. The molecule has 2 amide bonds. The Morgan fingerprint density at radius 1 is 1.17 bits per heavy atom. The Bertz CT molecular complexity index is 903. The standard InChI is InChI=1S/C21H31N3O5S/c1-5-23(6-2)30(27,28)17-7-8-19-18(10-17)24(21(26)14-29-19)13-20(25)22-11-15(3)9-16(4)12-22/h7-8,10,15-16H,5-6,9,11-14H2,1-4H3/t15-,16-/m0/s1. The number of ether oxygens (including phenoxy) is 1. The molecule has 2 atom stereocenters. The molecule has 166 valence electrons. The van der Waals surface area contributed by atoms with Crippen molar-refractivity contribution in [3.8, 4) is 5.75 Å². The van der Waals surface area contributed by atoms with E-state index in [4.69, 9.17) is 4.74 Å². The highest BCUT2D eigenvalue weighted by atomic mass is 32.2. The van der Waals surface area contributed by atoms with Crippen molar-refractivity contribution in [1.82, 2.24) is 9.21 Å². The number of likely N-dealkylation sites (tertiary alicyclic amines) is 1. The molecule has 0 bridgehead atoms. The van der Waals surface area contributed by atoms with Crippen LogP contribution in [0.15, 0.2) is 23.1 Å². The maximum absolute atomic E-state index is 13.0. The molecule has 1 aromatic rings. The van der Waals surface area contributed by atoms with E-state index in [-0.39, 0.29) is 29.9 Å². The molecule has 0 saturated carbocycles. The molecule has 30 heavy (non-hydrogen) atoms. The van der Waals surface area contributed by atoms with Crippen molar-refractivity contribution < 1.29 is 22.7 Å². The lowest BCUT2D eigenvalue weighted by Crippen LogP contribution is -2.50. The predicted molar refractivity (Wildman–Crippen MR) is 114 cm³/mol. The smallest absolute Gasteiger partial charge is 0.265 e. The lowest BCUT2D eigenvalue weighted by atomic mass is 9.92. The van der Waals surface area contributed by atoms with Gasteiger partial charge in [0.15, 0.2) is 6.61 Å². The van der Waals surface area contributed by atoms with E-state index >= 15 is 0 Å². The molecule has 3 rings (SSSR count). The minimum atomic E-state index is -3.69. The lowest BCUT2D eigenvalue weighted by molar-refractivity contribution is -0.134. The van der Waals surface area contributed by atoms with Crippen LogP contribution in [0.5, 0.6) is 5.75 Å². The van der Waals surface area contributed by atoms with Crippen LogP contribution in [0.25, 0.3) is 0 Å². The molecule has 9 heteroatoms. The third-order valence-electron chi connectivity index (χ3n) is 5.73. The van der Waals surface area contributed by atoms with E-state index in [1.807, 2.05) is 0 Å². The van der Waals surface area contributed by atoms with Gasteiger partial charge in [-0.2, -0.15) is 4.31 Å². The first-order chi connectivity index (χ1) is 14.2.